The molecule has 1 N–H and O–H groups in total. The van der Waals surface area contributed by atoms with Crippen molar-refractivity contribution in [2.75, 3.05) is 13.6 Å². The average molecular weight is 265 g/mol. The van der Waals surface area contributed by atoms with Crippen molar-refractivity contribution >= 4 is 32.1 Å². The zero-order chi connectivity index (χ0) is 11.7. The molecule has 0 aromatic carbocycles. The van der Waals surface area contributed by atoms with Crippen LogP contribution in [0.3, 0.4) is 0 Å². The van der Waals surface area contributed by atoms with Gasteiger partial charge in [0.25, 0.3) is 5.89 Å². The molecule has 0 saturated heterocycles. The van der Waals surface area contributed by atoms with Crippen molar-refractivity contribution < 1.29 is 4.42 Å². The van der Waals surface area contributed by atoms with E-state index in [1.165, 1.54) is 9.40 Å². The summed E-state index contributed by atoms with van der Waals surface area (Å²) in [6.45, 7) is 0.848. The minimum absolute atomic E-state index is 0.629. The largest absolute Gasteiger partial charge is 0.420 e. The van der Waals surface area contributed by atoms with E-state index in [2.05, 4.69) is 33.0 Å². The zero-order valence-corrected chi connectivity index (χ0v) is 10.9. The van der Waals surface area contributed by atoms with E-state index in [1.807, 2.05) is 7.05 Å². The number of rotatable bonds is 4. The summed E-state index contributed by atoms with van der Waals surface area (Å²) in [5.74, 6) is 1.32. The van der Waals surface area contributed by atoms with Gasteiger partial charge in [-0.05, 0) is 24.6 Å². The van der Waals surface area contributed by atoms with E-state index < -0.39 is 0 Å². The number of likely N-dealkylation sites (N-methyl/N-ethyl adjacent to an activating group) is 1. The fourth-order valence-corrected chi connectivity index (χ4v) is 3.59. The fraction of sp³-hybridized carbons (Fsp3) is 0.273. The first-order valence-corrected chi connectivity index (χ1v) is 7.01. The Morgan fingerprint density at radius 1 is 1.35 bits per heavy atom. The van der Waals surface area contributed by atoms with Crippen LogP contribution in [0.2, 0.25) is 0 Å². The Labute approximate surface area is 106 Å². The van der Waals surface area contributed by atoms with Crippen LogP contribution < -0.4 is 5.32 Å². The lowest BCUT2D eigenvalue weighted by Gasteiger charge is -1.91. The van der Waals surface area contributed by atoms with E-state index in [9.17, 15) is 0 Å². The highest BCUT2D eigenvalue weighted by Gasteiger charge is 2.12. The van der Waals surface area contributed by atoms with Crippen LogP contribution in [0.15, 0.2) is 21.9 Å². The minimum atomic E-state index is 0.629. The molecule has 3 rings (SSSR count). The average Bonchev–Trinajstić information content (AvgIpc) is 3.00. The van der Waals surface area contributed by atoms with Gasteiger partial charge >= 0.3 is 0 Å². The molecule has 0 radical (unpaired) electrons. The lowest BCUT2D eigenvalue weighted by molar-refractivity contribution is 0.501. The Balaban J connectivity index is 1.88. The van der Waals surface area contributed by atoms with E-state index in [4.69, 9.17) is 4.42 Å². The summed E-state index contributed by atoms with van der Waals surface area (Å²) >= 11 is 3.43. The minimum Gasteiger partial charge on any atom is -0.420 e. The molecule has 0 atom stereocenters. The summed E-state index contributed by atoms with van der Waals surface area (Å²) < 4.78 is 8.18. The zero-order valence-electron chi connectivity index (χ0n) is 9.27. The molecule has 4 nitrogen and oxygen atoms in total. The predicted molar refractivity (Wildman–Crippen MR) is 70.6 cm³/mol. The summed E-state index contributed by atoms with van der Waals surface area (Å²) in [5.41, 5.74) is 0. The third kappa shape index (κ3) is 2.11. The van der Waals surface area contributed by atoms with Gasteiger partial charge in [-0.1, -0.05) is 0 Å². The molecule has 17 heavy (non-hydrogen) atoms. The molecular formula is C11H11N3OS2. The van der Waals surface area contributed by atoms with Crippen molar-refractivity contribution in [3.63, 3.8) is 0 Å². The summed E-state index contributed by atoms with van der Waals surface area (Å²) in [6, 6.07) is 4.23. The first kappa shape index (κ1) is 10.9. The van der Waals surface area contributed by atoms with Gasteiger partial charge in [0.2, 0.25) is 5.89 Å². The molecule has 0 fully saturated rings. The molecule has 0 aliphatic heterocycles. The van der Waals surface area contributed by atoms with Crippen LogP contribution in [-0.4, -0.2) is 23.8 Å². The van der Waals surface area contributed by atoms with Crippen LogP contribution >= 0.6 is 22.7 Å². The van der Waals surface area contributed by atoms with Crippen LogP contribution in [0.5, 0.6) is 0 Å². The monoisotopic (exact) mass is 265 g/mol. The van der Waals surface area contributed by atoms with Crippen LogP contribution in [0.4, 0.5) is 0 Å². The third-order valence-electron chi connectivity index (χ3n) is 2.41. The van der Waals surface area contributed by atoms with Crippen molar-refractivity contribution in [1.82, 2.24) is 15.5 Å². The molecule has 0 unspecified atom stereocenters. The molecule has 88 valence electrons. The number of fused-ring (bicyclic) bond motifs is 1. The van der Waals surface area contributed by atoms with Gasteiger partial charge in [0, 0.05) is 22.4 Å². The van der Waals surface area contributed by atoms with Crippen molar-refractivity contribution in [2.45, 2.75) is 6.42 Å². The molecule has 0 bridgehead atoms. The molecular weight excluding hydrogens is 254 g/mol. The highest BCUT2D eigenvalue weighted by atomic mass is 32.1. The lowest BCUT2D eigenvalue weighted by atomic mass is 10.4. The Morgan fingerprint density at radius 2 is 2.29 bits per heavy atom. The molecule has 0 spiro atoms. The SMILES string of the molecule is CNCCc1nnc(-c2cc3sccc3s2)o1. The van der Waals surface area contributed by atoms with E-state index in [-0.39, 0.29) is 0 Å². The fourth-order valence-electron chi connectivity index (χ4n) is 1.56. The Morgan fingerprint density at radius 3 is 3.12 bits per heavy atom. The maximum Gasteiger partial charge on any atom is 0.257 e. The van der Waals surface area contributed by atoms with Crippen LogP contribution in [0.25, 0.3) is 20.2 Å². The second kappa shape index (κ2) is 4.56. The Kier molecular flexibility index (Phi) is 2.92. The topological polar surface area (TPSA) is 51.0 Å². The van der Waals surface area contributed by atoms with E-state index in [1.54, 1.807) is 22.7 Å². The summed E-state index contributed by atoms with van der Waals surface area (Å²) in [7, 11) is 1.91. The molecule has 3 aromatic rings. The number of thiophene rings is 2. The third-order valence-corrected chi connectivity index (χ3v) is 4.49. The second-order valence-electron chi connectivity index (χ2n) is 3.61. The van der Waals surface area contributed by atoms with Crippen LogP contribution in [0.1, 0.15) is 5.89 Å². The van der Waals surface area contributed by atoms with E-state index in [0.29, 0.717) is 11.8 Å². The van der Waals surface area contributed by atoms with Crippen molar-refractivity contribution in [1.29, 1.82) is 0 Å². The quantitative estimate of drug-likeness (QED) is 0.788. The van der Waals surface area contributed by atoms with Gasteiger partial charge in [0.1, 0.15) is 0 Å². The molecule has 0 amide bonds. The van der Waals surface area contributed by atoms with Gasteiger partial charge < -0.3 is 9.73 Å². The van der Waals surface area contributed by atoms with Crippen LogP contribution in [0, 0.1) is 0 Å². The number of nitrogens with zero attached hydrogens (tertiary/aromatic N) is 2. The Bertz CT molecular complexity index is 597. The summed E-state index contributed by atoms with van der Waals surface area (Å²) in [4.78, 5) is 1.05. The first-order chi connectivity index (χ1) is 8.36. The first-order valence-electron chi connectivity index (χ1n) is 5.31. The highest BCUT2D eigenvalue weighted by Crippen LogP contribution is 2.35. The predicted octanol–water partition coefficient (Wildman–Crippen LogP) is 2.77. The van der Waals surface area contributed by atoms with Crippen LogP contribution in [-0.2, 0) is 6.42 Å². The van der Waals surface area contributed by atoms with Crippen molar-refractivity contribution in [2.24, 2.45) is 0 Å². The second-order valence-corrected chi connectivity index (χ2v) is 5.65. The van der Waals surface area contributed by atoms with E-state index >= 15 is 0 Å². The van der Waals surface area contributed by atoms with Gasteiger partial charge in [-0.3, -0.25) is 0 Å². The van der Waals surface area contributed by atoms with Gasteiger partial charge in [-0.25, -0.2) is 0 Å². The number of aromatic nitrogens is 2. The summed E-state index contributed by atoms with van der Waals surface area (Å²) in [5, 5.41) is 13.3. The maximum absolute atomic E-state index is 5.62. The van der Waals surface area contributed by atoms with Gasteiger partial charge in [-0.2, -0.15) is 0 Å². The van der Waals surface area contributed by atoms with Gasteiger partial charge in [0.05, 0.1) is 4.88 Å². The molecule has 3 heterocycles. The standard InChI is InChI=1S/C11H11N3OS2/c1-12-4-2-10-13-14-11(15-10)9-6-8-7(17-9)3-5-16-8/h3,5-6,12H,2,4H2,1H3. The highest BCUT2D eigenvalue weighted by molar-refractivity contribution is 7.28. The molecule has 0 saturated carbocycles. The van der Waals surface area contributed by atoms with Crippen molar-refractivity contribution in [3.8, 4) is 10.8 Å². The summed E-state index contributed by atoms with van der Waals surface area (Å²) in [6.07, 6.45) is 0.767. The normalized spacial score (nSPS) is 11.4. The van der Waals surface area contributed by atoms with Gasteiger partial charge in [0.15, 0.2) is 0 Å². The molecule has 3 aromatic heterocycles. The van der Waals surface area contributed by atoms with Crippen molar-refractivity contribution in [3.05, 3.63) is 23.4 Å². The molecule has 0 aliphatic carbocycles. The molecule has 6 heteroatoms. The Hall–Kier alpha value is -1.24. The number of nitrogens with one attached hydrogen (secondary N) is 1. The maximum atomic E-state index is 5.62. The number of hydrogen-bond donors (Lipinski definition) is 1. The van der Waals surface area contributed by atoms with Gasteiger partial charge in [-0.15, -0.1) is 32.9 Å². The smallest absolute Gasteiger partial charge is 0.257 e. The lowest BCUT2D eigenvalue weighted by Crippen LogP contribution is -2.10. The van der Waals surface area contributed by atoms with E-state index in [0.717, 1.165) is 17.8 Å². The number of hydrogen-bond acceptors (Lipinski definition) is 6. The molecule has 0 aliphatic rings.